The third-order valence-electron chi connectivity index (χ3n) is 2.97. The van der Waals surface area contributed by atoms with E-state index in [1.165, 1.54) is 6.92 Å². The molecule has 1 aromatic rings. The minimum Gasteiger partial charge on any atom is -0.464 e. The molecule has 144 valence electrons. The summed E-state index contributed by atoms with van der Waals surface area (Å²) in [4.78, 5) is 36.9. The first kappa shape index (κ1) is 22.3. The highest BCUT2D eigenvalue weighted by Crippen LogP contribution is 2.26. The summed E-state index contributed by atoms with van der Waals surface area (Å²) in [6, 6.07) is 7.49. The maximum Gasteiger partial charge on any atom is 0.420 e. The predicted octanol–water partition coefficient (Wildman–Crippen LogP) is 4.08. The fraction of sp³-hybridized carbons (Fsp3) is 0.438. The van der Waals surface area contributed by atoms with Gasteiger partial charge in [-0.1, -0.05) is 65.1 Å². The van der Waals surface area contributed by atoms with Crippen molar-refractivity contribution < 1.29 is 28.6 Å². The highest BCUT2D eigenvalue weighted by molar-refractivity contribution is 6.67. The maximum atomic E-state index is 12.3. The van der Waals surface area contributed by atoms with Gasteiger partial charge >= 0.3 is 18.2 Å². The molecule has 0 saturated heterocycles. The number of hydrogen-bond donors (Lipinski definition) is 0. The summed E-state index contributed by atoms with van der Waals surface area (Å²) >= 11 is 16.6. The molecule has 1 rings (SSSR count). The normalized spacial score (nSPS) is 12.0. The molecule has 0 bridgehead atoms. The zero-order chi connectivity index (χ0) is 19.7. The molecule has 1 atom stereocenters. The number of alkyl halides is 3. The minimum atomic E-state index is -1.87. The Morgan fingerprint density at radius 3 is 2.15 bits per heavy atom. The number of amides is 2. The van der Waals surface area contributed by atoms with Crippen LogP contribution in [-0.4, -0.2) is 46.1 Å². The van der Waals surface area contributed by atoms with Crippen LogP contribution in [0.5, 0.6) is 0 Å². The molecular formula is C16H18Cl3NO6. The molecule has 1 aromatic carbocycles. The summed E-state index contributed by atoms with van der Waals surface area (Å²) in [5.41, 5.74) is 0.694. The Labute approximate surface area is 166 Å². The molecule has 26 heavy (non-hydrogen) atoms. The summed E-state index contributed by atoms with van der Waals surface area (Å²) in [6.07, 6.45) is -2.29. The van der Waals surface area contributed by atoms with Crippen molar-refractivity contribution in [2.45, 2.75) is 30.3 Å². The van der Waals surface area contributed by atoms with E-state index < -0.39 is 34.6 Å². The van der Waals surface area contributed by atoms with Crippen LogP contribution in [0.25, 0.3) is 0 Å². The molecule has 0 aliphatic rings. The Hall–Kier alpha value is -1.70. The van der Waals surface area contributed by atoms with Crippen LogP contribution in [0.3, 0.4) is 0 Å². The maximum absolute atomic E-state index is 12.3. The predicted molar refractivity (Wildman–Crippen MR) is 96.2 cm³/mol. The number of rotatable bonds is 6. The van der Waals surface area contributed by atoms with Gasteiger partial charge in [-0.15, -0.1) is 0 Å². The Morgan fingerprint density at radius 2 is 1.62 bits per heavy atom. The van der Waals surface area contributed by atoms with Crippen molar-refractivity contribution in [3.05, 3.63) is 35.9 Å². The van der Waals surface area contributed by atoms with Gasteiger partial charge in [-0.3, -0.25) is 0 Å². The third-order valence-corrected chi connectivity index (χ3v) is 3.30. The molecule has 0 fully saturated rings. The van der Waals surface area contributed by atoms with Gasteiger partial charge < -0.3 is 14.2 Å². The number of nitrogens with zero attached hydrogens (tertiary/aromatic N) is 1. The Morgan fingerprint density at radius 1 is 1.04 bits per heavy atom. The van der Waals surface area contributed by atoms with Crippen molar-refractivity contribution >= 4 is 53.0 Å². The summed E-state index contributed by atoms with van der Waals surface area (Å²) < 4.78 is 12.8. The fourth-order valence-electron chi connectivity index (χ4n) is 1.76. The molecule has 0 aromatic heterocycles. The van der Waals surface area contributed by atoms with Crippen molar-refractivity contribution in [2.24, 2.45) is 0 Å². The van der Waals surface area contributed by atoms with Crippen molar-refractivity contribution in [1.29, 1.82) is 0 Å². The largest absolute Gasteiger partial charge is 0.464 e. The lowest BCUT2D eigenvalue weighted by atomic mass is 10.2. The van der Waals surface area contributed by atoms with Gasteiger partial charge in [-0.05, 0) is 19.4 Å². The molecule has 10 heteroatoms. The lowest BCUT2D eigenvalue weighted by molar-refractivity contribution is -0.147. The Bertz CT molecular complexity index is 620. The van der Waals surface area contributed by atoms with E-state index in [0.29, 0.717) is 10.5 Å². The number of esters is 1. The van der Waals surface area contributed by atoms with Gasteiger partial charge in [0.1, 0.15) is 19.3 Å². The average molecular weight is 427 g/mol. The first-order chi connectivity index (χ1) is 12.2. The van der Waals surface area contributed by atoms with E-state index >= 15 is 0 Å². The van der Waals surface area contributed by atoms with Gasteiger partial charge in [0.15, 0.2) is 0 Å². The minimum absolute atomic E-state index is 0.0687. The van der Waals surface area contributed by atoms with Crippen LogP contribution in [0.2, 0.25) is 0 Å². The van der Waals surface area contributed by atoms with Crippen LogP contribution in [0.1, 0.15) is 19.4 Å². The number of carbonyl (C=O) groups excluding carboxylic acids is 3. The van der Waals surface area contributed by atoms with Crippen LogP contribution < -0.4 is 0 Å². The topological polar surface area (TPSA) is 82.1 Å². The van der Waals surface area contributed by atoms with Gasteiger partial charge in [0.2, 0.25) is 3.79 Å². The molecule has 0 radical (unpaired) electrons. The molecule has 7 nitrogen and oxygen atoms in total. The standard InChI is InChI=1S/C16H18Cl3NO6/c1-3-24-13(21)11(2)20(15(23)26-10-16(17,18)19)14(22)25-9-12-7-5-4-6-8-12/h4-8,11H,3,9-10H2,1-2H3/t11-/m1/s1. The number of halogens is 3. The molecule has 0 aliphatic heterocycles. The van der Waals surface area contributed by atoms with Crippen molar-refractivity contribution in [2.75, 3.05) is 13.2 Å². The van der Waals surface area contributed by atoms with Crippen molar-refractivity contribution in [1.82, 2.24) is 4.90 Å². The van der Waals surface area contributed by atoms with Gasteiger partial charge in [0.25, 0.3) is 0 Å². The van der Waals surface area contributed by atoms with E-state index in [-0.39, 0.29) is 13.2 Å². The number of carbonyl (C=O) groups is 3. The molecule has 0 heterocycles. The van der Waals surface area contributed by atoms with Gasteiger partial charge in [-0.25, -0.2) is 14.4 Å². The van der Waals surface area contributed by atoms with E-state index in [4.69, 9.17) is 49.0 Å². The first-order valence-corrected chi connectivity index (χ1v) is 8.69. The number of ether oxygens (including phenoxy) is 3. The molecule has 2 amide bonds. The second-order valence-corrected chi connectivity index (χ2v) is 7.52. The summed E-state index contributed by atoms with van der Waals surface area (Å²) in [6.45, 7) is 2.22. The Balaban J connectivity index is 2.85. The zero-order valence-corrected chi connectivity index (χ0v) is 16.4. The van der Waals surface area contributed by atoms with Crippen LogP contribution in [-0.2, 0) is 25.6 Å². The monoisotopic (exact) mass is 425 g/mol. The zero-order valence-electron chi connectivity index (χ0n) is 14.1. The van der Waals surface area contributed by atoms with Crippen LogP contribution >= 0.6 is 34.8 Å². The van der Waals surface area contributed by atoms with E-state index in [9.17, 15) is 14.4 Å². The first-order valence-electron chi connectivity index (χ1n) is 7.55. The van der Waals surface area contributed by atoms with Crippen molar-refractivity contribution in [3.8, 4) is 0 Å². The van der Waals surface area contributed by atoms with E-state index in [0.717, 1.165) is 0 Å². The van der Waals surface area contributed by atoms with E-state index in [2.05, 4.69) is 0 Å². The van der Waals surface area contributed by atoms with Crippen LogP contribution in [0.4, 0.5) is 9.59 Å². The number of benzene rings is 1. The highest BCUT2D eigenvalue weighted by atomic mass is 35.6. The Kier molecular flexibility index (Phi) is 8.98. The lowest BCUT2D eigenvalue weighted by Crippen LogP contribution is -2.48. The molecule has 0 aliphatic carbocycles. The molecule has 0 saturated carbocycles. The second kappa shape index (κ2) is 10.4. The van der Waals surface area contributed by atoms with Crippen molar-refractivity contribution in [3.63, 3.8) is 0 Å². The highest BCUT2D eigenvalue weighted by Gasteiger charge is 2.36. The molecule has 0 N–H and O–H groups in total. The van der Waals surface area contributed by atoms with Gasteiger partial charge in [-0.2, -0.15) is 4.90 Å². The summed E-state index contributed by atoms with van der Waals surface area (Å²) in [5.74, 6) is -0.810. The number of imide groups is 1. The molecule has 0 spiro atoms. The van der Waals surface area contributed by atoms with E-state index in [1.807, 2.05) is 0 Å². The quantitative estimate of drug-likeness (QED) is 0.387. The number of hydrogen-bond acceptors (Lipinski definition) is 6. The second-order valence-electron chi connectivity index (χ2n) is 5.01. The average Bonchev–Trinajstić information content (AvgIpc) is 2.58. The smallest absolute Gasteiger partial charge is 0.420 e. The van der Waals surface area contributed by atoms with E-state index in [1.54, 1.807) is 37.3 Å². The van der Waals surface area contributed by atoms with Gasteiger partial charge in [0.05, 0.1) is 6.61 Å². The molecule has 0 unspecified atom stereocenters. The van der Waals surface area contributed by atoms with Crippen LogP contribution in [0.15, 0.2) is 30.3 Å². The summed E-state index contributed by atoms with van der Waals surface area (Å²) in [5, 5.41) is 0. The van der Waals surface area contributed by atoms with Crippen LogP contribution in [0, 0.1) is 0 Å². The lowest BCUT2D eigenvalue weighted by Gasteiger charge is -2.25. The summed E-state index contributed by atoms with van der Waals surface area (Å²) in [7, 11) is 0. The molecular weight excluding hydrogens is 409 g/mol. The fourth-order valence-corrected chi connectivity index (χ4v) is 1.92. The SMILES string of the molecule is CCOC(=O)[C@@H](C)N(C(=O)OCc1ccccc1)C(=O)OCC(Cl)(Cl)Cl. The third kappa shape index (κ3) is 7.68. The van der Waals surface area contributed by atoms with Gasteiger partial charge in [0, 0.05) is 0 Å².